The van der Waals surface area contributed by atoms with Crippen molar-refractivity contribution >= 4 is 17.7 Å². The van der Waals surface area contributed by atoms with Crippen molar-refractivity contribution in [2.75, 3.05) is 14.2 Å². The number of nitro groups is 1. The van der Waals surface area contributed by atoms with Crippen molar-refractivity contribution in [1.29, 1.82) is 0 Å². The van der Waals surface area contributed by atoms with Crippen molar-refractivity contribution in [3.05, 3.63) is 76.2 Å². The van der Waals surface area contributed by atoms with E-state index in [2.05, 4.69) is 10.1 Å². The number of ether oxygens (including phenoxy) is 1. The van der Waals surface area contributed by atoms with Gasteiger partial charge in [-0.05, 0) is 35.9 Å². The predicted molar refractivity (Wildman–Crippen MR) is 105 cm³/mol. The van der Waals surface area contributed by atoms with E-state index >= 15 is 0 Å². The Hall–Kier alpha value is -4.01. The number of nitrogens with zero attached hydrogens (tertiary/aromatic N) is 4. The molecule has 3 rings (SSSR count). The summed E-state index contributed by atoms with van der Waals surface area (Å²) < 4.78 is 10.4. The van der Waals surface area contributed by atoms with Gasteiger partial charge >= 0.3 is 0 Å². The van der Waals surface area contributed by atoms with Gasteiger partial charge in [0.25, 0.3) is 5.69 Å². The van der Waals surface area contributed by atoms with Crippen molar-refractivity contribution in [2.24, 2.45) is 0 Å². The highest BCUT2D eigenvalue weighted by Crippen LogP contribution is 2.21. The fraction of sp³-hybridized carbons (Fsp3) is 0.150. The molecule has 0 spiro atoms. The Morgan fingerprint density at radius 2 is 2.03 bits per heavy atom. The first-order valence-electron chi connectivity index (χ1n) is 8.61. The molecule has 0 aliphatic heterocycles. The fourth-order valence-corrected chi connectivity index (χ4v) is 2.48. The van der Waals surface area contributed by atoms with Crippen LogP contribution in [0.1, 0.15) is 11.5 Å². The van der Waals surface area contributed by atoms with Gasteiger partial charge in [0.05, 0.1) is 18.6 Å². The summed E-state index contributed by atoms with van der Waals surface area (Å²) in [5, 5.41) is 14.6. The van der Waals surface area contributed by atoms with Gasteiger partial charge in [-0.2, -0.15) is 4.98 Å². The summed E-state index contributed by atoms with van der Waals surface area (Å²) in [6, 6.07) is 13.2. The maximum atomic E-state index is 12.3. The minimum Gasteiger partial charge on any atom is -0.497 e. The number of benzene rings is 2. The van der Waals surface area contributed by atoms with E-state index in [0.717, 1.165) is 5.56 Å². The van der Waals surface area contributed by atoms with Crippen molar-refractivity contribution < 1.29 is 19.0 Å². The molecule has 2 aromatic carbocycles. The molecule has 0 saturated carbocycles. The van der Waals surface area contributed by atoms with Gasteiger partial charge in [-0.3, -0.25) is 14.9 Å². The molecule has 0 unspecified atom stereocenters. The molecule has 0 aliphatic rings. The van der Waals surface area contributed by atoms with Crippen LogP contribution in [-0.2, 0) is 11.3 Å². The first-order chi connectivity index (χ1) is 14.0. The molecule has 9 nitrogen and oxygen atoms in total. The molecule has 3 aromatic rings. The minimum absolute atomic E-state index is 0.00571. The lowest BCUT2D eigenvalue weighted by atomic mass is 10.2. The standard InChI is InChI=1S/C20H18N4O5/c1-23(19(25)11-8-14-6-9-16(10-7-14)24(26)27)13-18-21-20(22-29-18)15-4-3-5-17(12-15)28-2/h3-12H,13H2,1-2H3/b11-8+. The lowest BCUT2D eigenvalue weighted by Crippen LogP contribution is -2.24. The maximum absolute atomic E-state index is 12.3. The highest BCUT2D eigenvalue weighted by atomic mass is 16.6. The van der Waals surface area contributed by atoms with Gasteiger partial charge in [0.1, 0.15) is 5.75 Å². The molecule has 1 heterocycles. The molecular weight excluding hydrogens is 376 g/mol. The van der Waals surface area contributed by atoms with Crippen molar-refractivity contribution in [3.8, 4) is 17.1 Å². The first kappa shape index (κ1) is 19.7. The van der Waals surface area contributed by atoms with Crippen LogP contribution in [-0.4, -0.2) is 40.0 Å². The Bertz CT molecular complexity index is 1040. The summed E-state index contributed by atoms with van der Waals surface area (Å²) in [7, 11) is 3.18. The topological polar surface area (TPSA) is 112 Å². The van der Waals surface area contributed by atoms with Crippen molar-refractivity contribution in [1.82, 2.24) is 15.0 Å². The zero-order valence-corrected chi connectivity index (χ0v) is 15.8. The summed E-state index contributed by atoms with van der Waals surface area (Å²) in [5.74, 6) is 1.10. The number of aromatic nitrogens is 2. The number of methoxy groups -OCH3 is 1. The number of hydrogen-bond donors (Lipinski definition) is 0. The molecule has 0 N–H and O–H groups in total. The predicted octanol–water partition coefficient (Wildman–Crippen LogP) is 3.33. The number of carbonyl (C=O) groups is 1. The lowest BCUT2D eigenvalue weighted by Gasteiger charge is -2.11. The Morgan fingerprint density at radius 3 is 2.72 bits per heavy atom. The Balaban J connectivity index is 1.62. The van der Waals surface area contributed by atoms with Crippen LogP contribution >= 0.6 is 0 Å². The van der Waals surface area contributed by atoms with E-state index in [1.807, 2.05) is 18.2 Å². The minimum atomic E-state index is -0.476. The normalized spacial score (nSPS) is 10.8. The van der Waals surface area contributed by atoms with Gasteiger partial charge in [-0.15, -0.1) is 0 Å². The van der Waals surface area contributed by atoms with E-state index in [0.29, 0.717) is 23.0 Å². The van der Waals surface area contributed by atoms with Crippen LogP contribution < -0.4 is 4.74 Å². The molecule has 0 radical (unpaired) electrons. The van der Waals surface area contributed by atoms with E-state index in [-0.39, 0.29) is 18.1 Å². The fourth-order valence-electron chi connectivity index (χ4n) is 2.48. The van der Waals surface area contributed by atoms with Crippen molar-refractivity contribution in [2.45, 2.75) is 6.54 Å². The SMILES string of the molecule is COc1cccc(-c2noc(CN(C)C(=O)/C=C/c3ccc([N+](=O)[O-])cc3)n2)c1. The molecule has 0 bridgehead atoms. The van der Waals surface area contributed by atoms with Crippen LogP contribution in [0.4, 0.5) is 5.69 Å². The Labute approximate surface area is 166 Å². The second-order valence-corrected chi connectivity index (χ2v) is 6.12. The molecule has 1 aromatic heterocycles. The molecule has 29 heavy (non-hydrogen) atoms. The average molecular weight is 394 g/mol. The van der Waals surface area contributed by atoms with Crippen LogP contribution in [0.3, 0.4) is 0 Å². The van der Waals surface area contributed by atoms with E-state index < -0.39 is 4.92 Å². The van der Waals surface area contributed by atoms with Gasteiger partial charge in [-0.25, -0.2) is 0 Å². The summed E-state index contributed by atoms with van der Waals surface area (Å²) in [4.78, 5) is 28.2. The van der Waals surface area contributed by atoms with E-state index in [4.69, 9.17) is 9.26 Å². The molecule has 9 heteroatoms. The third-order valence-electron chi connectivity index (χ3n) is 4.07. The zero-order chi connectivity index (χ0) is 20.8. The van der Waals surface area contributed by atoms with Crippen LogP contribution in [0.25, 0.3) is 17.5 Å². The monoisotopic (exact) mass is 394 g/mol. The quantitative estimate of drug-likeness (QED) is 0.343. The Morgan fingerprint density at radius 1 is 1.28 bits per heavy atom. The second kappa shape index (κ2) is 8.79. The second-order valence-electron chi connectivity index (χ2n) is 6.12. The first-order valence-corrected chi connectivity index (χ1v) is 8.61. The summed E-state index contributed by atoms with van der Waals surface area (Å²) in [5.41, 5.74) is 1.41. The zero-order valence-electron chi connectivity index (χ0n) is 15.8. The number of nitro benzene ring substituents is 1. The van der Waals surface area contributed by atoms with Crippen LogP contribution in [0, 0.1) is 10.1 Å². The number of amides is 1. The van der Waals surface area contributed by atoms with Gasteiger partial charge in [0.15, 0.2) is 0 Å². The van der Waals surface area contributed by atoms with E-state index in [1.165, 1.54) is 23.1 Å². The molecule has 0 atom stereocenters. The molecular formula is C20H18N4O5. The largest absolute Gasteiger partial charge is 0.497 e. The smallest absolute Gasteiger partial charge is 0.269 e. The highest BCUT2D eigenvalue weighted by molar-refractivity contribution is 5.91. The number of hydrogen-bond acceptors (Lipinski definition) is 7. The maximum Gasteiger partial charge on any atom is 0.269 e. The van der Waals surface area contributed by atoms with Crippen LogP contribution in [0.2, 0.25) is 0 Å². The molecule has 0 saturated heterocycles. The van der Waals surface area contributed by atoms with Crippen molar-refractivity contribution in [3.63, 3.8) is 0 Å². The van der Waals surface area contributed by atoms with Gasteiger partial charge in [0, 0.05) is 30.8 Å². The molecule has 1 amide bonds. The Kier molecular flexibility index (Phi) is 5.98. The lowest BCUT2D eigenvalue weighted by molar-refractivity contribution is -0.384. The third-order valence-corrected chi connectivity index (χ3v) is 4.07. The summed E-state index contributed by atoms with van der Waals surface area (Å²) >= 11 is 0. The van der Waals surface area contributed by atoms with Crippen LogP contribution in [0.15, 0.2) is 59.1 Å². The summed E-state index contributed by atoms with van der Waals surface area (Å²) in [6.45, 7) is 0.139. The van der Waals surface area contributed by atoms with E-state index in [9.17, 15) is 14.9 Å². The van der Waals surface area contributed by atoms with Gasteiger partial charge in [0.2, 0.25) is 17.6 Å². The van der Waals surface area contributed by atoms with Gasteiger partial charge < -0.3 is 14.2 Å². The third kappa shape index (κ3) is 5.04. The molecule has 0 aliphatic carbocycles. The van der Waals surface area contributed by atoms with Gasteiger partial charge in [-0.1, -0.05) is 17.3 Å². The number of likely N-dealkylation sites (N-methyl/N-ethyl adjacent to an activating group) is 1. The van der Waals surface area contributed by atoms with Crippen LogP contribution in [0.5, 0.6) is 5.75 Å². The molecule has 148 valence electrons. The average Bonchev–Trinajstić information content (AvgIpc) is 3.20. The number of non-ortho nitro benzene ring substituents is 1. The van der Waals surface area contributed by atoms with E-state index in [1.54, 1.807) is 38.4 Å². The highest BCUT2D eigenvalue weighted by Gasteiger charge is 2.13. The molecule has 0 fully saturated rings. The summed E-state index contributed by atoms with van der Waals surface area (Å²) in [6.07, 6.45) is 2.96. The number of rotatable bonds is 7. The number of carbonyl (C=O) groups excluding carboxylic acids is 1.